The summed E-state index contributed by atoms with van der Waals surface area (Å²) in [5.74, 6) is 4.17. The van der Waals surface area contributed by atoms with E-state index < -0.39 is 0 Å². The number of nitrogens with two attached hydrogens (primary N) is 1. The van der Waals surface area contributed by atoms with Crippen LogP contribution in [0.4, 0.5) is 41.6 Å². The van der Waals surface area contributed by atoms with Gasteiger partial charge in [-0.25, -0.2) is 9.97 Å². The molecule has 6 N–H and O–H groups in total. The molecule has 73 heavy (non-hydrogen) atoms. The van der Waals surface area contributed by atoms with Gasteiger partial charge in [0.15, 0.2) is 4.24 Å². The Morgan fingerprint density at radius 3 is 0.849 bits per heavy atom. The molecule has 6 aromatic rings. The van der Waals surface area contributed by atoms with Gasteiger partial charge in [0.2, 0.25) is 89.2 Å². The summed E-state index contributed by atoms with van der Waals surface area (Å²) in [6.45, 7) is 5.70. The van der Waals surface area contributed by atoms with Crippen LogP contribution in [0.1, 0.15) is 38.8 Å². The lowest BCUT2D eigenvalue weighted by Gasteiger charge is -2.10. The lowest BCUT2D eigenvalue weighted by molar-refractivity contribution is 0.760. The van der Waals surface area contributed by atoms with Crippen LogP contribution >= 0.6 is 104 Å². The van der Waals surface area contributed by atoms with E-state index in [2.05, 4.69) is 95.0 Å². The molecule has 0 saturated carbocycles. The predicted octanol–water partition coefficient (Wildman–Crippen LogP) is 6.98. The molecule has 36 heteroatoms. The quantitative estimate of drug-likeness (QED) is 0.103. The molecular formula is C37H62Cl9N27. The van der Waals surface area contributed by atoms with Gasteiger partial charge >= 0.3 is 0 Å². The van der Waals surface area contributed by atoms with E-state index >= 15 is 0 Å². The van der Waals surface area contributed by atoms with Crippen LogP contribution in [0, 0.1) is 6.92 Å². The minimum absolute atomic E-state index is 0. The second kappa shape index (κ2) is 39.6. The summed E-state index contributed by atoms with van der Waals surface area (Å²) in [4.78, 5) is 75.3. The summed E-state index contributed by atoms with van der Waals surface area (Å²) in [6.07, 6.45) is 0. The Morgan fingerprint density at radius 1 is 0.397 bits per heavy atom. The number of nitrogens with zero attached hydrogens (tertiary/aromatic N) is 22. The molecule has 0 aromatic carbocycles. The van der Waals surface area contributed by atoms with E-state index in [4.69, 9.17) is 110 Å². The van der Waals surface area contributed by atoms with Crippen LogP contribution < -0.4 is 46.6 Å². The summed E-state index contributed by atoms with van der Waals surface area (Å²) >= 11 is 49.4. The van der Waals surface area contributed by atoms with Crippen molar-refractivity contribution in [2.24, 2.45) is 5.73 Å². The third-order valence-electron chi connectivity index (χ3n) is 6.33. The van der Waals surface area contributed by atoms with E-state index in [-0.39, 0.29) is 72.8 Å². The molecule has 0 spiro atoms. The van der Waals surface area contributed by atoms with Crippen LogP contribution in [-0.4, -0.2) is 188 Å². The van der Waals surface area contributed by atoms with Crippen molar-refractivity contribution in [2.45, 2.75) is 34.1 Å². The first kappa shape index (κ1) is 64.3. The molecule has 0 aliphatic carbocycles. The van der Waals surface area contributed by atoms with Gasteiger partial charge in [-0.1, -0.05) is 21.3 Å². The van der Waals surface area contributed by atoms with Crippen molar-refractivity contribution in [1.82, 2.24) is 95.0 Å². The second-order valence-corrected chi connectivity index (χ2v) is 16.4. The monoisotopic (exact) mass is 1200 g/mol. The van der Waals surface area contributed by atoms with Gasteiger partial charge in [-0.15, -0.1) is 0 Å². The first-order valence-corrected chi connectivity index (χ1v) is 23.1. The van der Waals surface area contributed by atoms with Gasteiger partial charge in [-0.3, -0.25) is 0 Å². The Bertz CT molecular complexity index is 2230. The minimum Gasteiger partial charge on any atom is -0.357 e. The minimum atomic E-state index is 0. The van der Waals surface area contributed by atoms with Crippen molar-refractivity contribution in [2.75, 3.05) is 134 Å². The summed E-state index contributed by atoms with van der Waals surface area (Å²) in [7, 11) is 24.4. The highest BCUT2D eigenvalue weighted by Crippen LogP contribution is 2.15. The summed E-state index contributed by atoms with van der Waals surface area (Å²) in [5.41, 5.74) is 2.00. The normalized spacial score (nSPS) is 10.1. The maximum absolute atomic E-state index is 7.32. The van der Waals surface area contributed by atoms with Gasteiger partial charge < -0.3 is 46.6 Å². The van der Waals surface area contributed by atoms with Crippen molar-refractivity contribution in [3.05, 3.63) is 59.2 Å². The lowest BCUT2D eigenvalue weighted by Crippen LogP contribution is -2.15. The molecule has 408 valence electrons. The van der Waals surface area contributed by atoms with E-state index in [1.807, 2.05) is 47.8 Å². The predicted molar refractivity (Wildman–Crippen MR) is 301 cm³/mol. The van der Waals surface area contributed by atoms with Gasteiger partial charge in [0.1, 0.15) is 13.1 Å². The number of hydrogen-bond donors (Lipinski definition) is 5. The third kappa shape index (κ3) is 32.9. The molecule has 0 bridgehead atoms. The van der Waals surface area contributed by atoms with E-state index in [0.29, 0.717) is 41.4 Å². The smallest absolute Gasteiger partial charge is 0.230 e. The molecule has 0 atom stereocenters. The third-order valence-corrected chi connectivity index (χ3v) is 7.85. The van der Waals surface area contributed by atoms with E-state index in [1.54, 1.807) is 82.9 Å². The fraction of sp³-hybridized carbons (Fsp3) is 0.514. The van der Waals surface area contributed by atoms with Crippen molar-refractivity contribution < 1.29 is 5.65 Å². The number of anilines is 7. The Hall–Kier alpha value is -4.81. The van der Waals surface area contributed by atoms with E-state index in [1.165, 1.54) is 14.1 Å². The number of halogens is 9. The Labute approximate surface area is 477 Å². The standard InChI is InChI=1S/C7H13N5.C6H7Cl2N3.2C6H10ClN5.C5H6Cl2N4.C3Cl3N3.C2H7N.CH5N.CH4/c1-5-9-6(8-2)11-7(10-5)12(3)4;1-3(2)4-9-5(7)11-6(8)10-4;2*1-8-5-9-4(7)10-6(11-5)12(2)3;1-11(2)5-9-3(6)8-4(7)10-5;4-1-7-2(5)9-3(6)8-1;1-3-2;1-2;/h1-4H3,(H,8,9,10,11);3H,1-2H3;2*1-3H3,(H,8,9,10,11);1-2H3;;3H,1-2H3;2H2,1H3;1H4/i/hD4. The van der Waals surface area contributed by atoms with Crippen LogP contribution in [-0.2, 0) is 0 Å². The van der Waals surface area contributed by atoms with Gasteiger partial charge in [0, 0.05) is 83.4 Å². The van der Waals surface area contributed by atoms with E-state index in [9.17, 15) is 0 Å². The summed E-state index contributed by atoms with van der Waals surface area (Å²) in [6, 6.07) is 0. The maximum atomic E-state index is 7.32. The molecule has 0 fully saturated rings. The molecule has 0 unspecified atom stereocenters. The van der Waals surface area contributed by atoms with Crippen molar-refractivity contribution in [3.8, 4) is 0 Å². The SMILES string of the molecule is C.CC(C)c1nc(Cl)nc(Cl)n1.CN(C)c1nc(Cl)nc(Cl)n1.CNC.Clc1nc(Cl)nc(Cl)n1.[2H]N(C)c1nc(C)nc(N(C)C)n1.[2H]N(C)c1nc(Cl)nc(N(C)C)n1.[2H]N(C)c1nc(Cl)nc(N(C)C)n1.[2H]NC. The topological polar surface area (TPSA) is 319 Å². The molecular weight excluding hydrogens is 1140 g/mol. The molecule has 6 heterocycles. The lowest BCUT2D eigenvalue weighted by atomic mass is 10.2. The highest BCUT2D eigenvalue weighted by molar-refractivity contribution is 6.33. The summed E-state index contributed by atoms with van der Waals surface area (Å²) < 4.78 is 27.8. The maximum Gasteiger partial charge on any atom is 0.230 e. The van der Waals surface area contributed by atoms with Crippen molar-refractivity contribution in [3.63, 3.8) is 0 Å². The molecule has 6 aromatic heterocycles. The van der Waals surface area contributed by atoms with Gasteiger partial charge in [0.25, 0.3) is 0 Å². The summed E-state index contributed by atoms with van der Waals surface area (Å²) in [5, 5.41) is 6.61. The largest absolute Gasteiger partial charge is 0.357 e. The fourth-order valence-electron chi connectivity index (χ4n) is 3.43. The first-order chi connectivity index (χ1) is 35.2. The zero-order valence-corrected chi connectivity index (χ0v) is 49.0. The highest BCUT2D eigenvalue weighted by Gasteiger charge is 2.08. The van der Waals surface area contributed by atoms with Gasteiger partial charge in [-0.05, 0) is 132 Å². The van der Waals surface area contributed by atoms with Crippen LogP contribution in [0.5, 0.6) is 0 Å². The molecule has 0 saturated heterocycles. The Kier molecular flexibility index (Phi) is 34.9. The van der Waals surface area contributed by atoms with Gasteiger partial charge in [0.05, 0.1) is 0 Å². The molecule has 0 aliphatic rings. The van der Waals surface area contributed by atoms with Crippen molar-refractivity contribution >= 4 is 146 Å². The number of hydrogen-bond acceptors (Lipinski definition) is 27. The van der Waals surface area contributed by atoms with Crippen LogP contribution in [0.15, 0.2) is 0 Å². The molecule has 0 aliphatic heterocycles. The second-order valence-electron chi connectivity index (χ2n) is 13.3. The van der Waals surface area contributed by atoms with Crippen LogP contribution in [0.3, 0.4) is 0 Å². The van der Waals surface area contributed by atoms with Crippen LogP contribution in [0.25, 0.3) is 0 Å². The van der Waals surface area contributed by atoms with Crippen molar-refractivity contribution in [1.29, 1.82) is 0 Å². The molecule has 0 amide bonds. The number of aromatic nitrogens is 18. The average molecular weight is 1210 g/mol. The number of aryl methyl sites for hydroxylation is 1. The van der Waals surface area contributed by atoms with E-state index in [0.717, 1.165) is 15.9 Å². The first-order valence-electron chi connectivity index (χ1n) is 21.5. The zero-order valence-electron chi connectivity index (χ0n) is 46.2. The fourth-order valence-corrected chi connectivity index (χ4v) is 5.07. The Balaban J connectivity index is -0.000000836. The Morgan fingerprint density at radius 2 is 0.603 bits per heavy atom. The molecule has 0 radical (unpaired) electrons. The highest BCUT2D eigenvalue weighted by atomic mass is 35.5. The average Bonchev–Trinajstić information content (AvgIpc) is 3.29. The number of rotatable bonds is 8. The zero-order chi connectivity index (χ0) is 59.2. The molecule has 27 nitrogen and oxygen atoms in total. The number of nitrogens with one attached hydrogen (secondary N) is 4. The van der Waals surface area contributed by atoms with Crippen LogP contribution in [0.2, 0.25) is 53.2 Å². The molecule has 6 rings (SSSR count). The van der Waals surface area contributed by atoms with Gasteiger partial charge in [-0.2, -0.15) is 79.7 Å².